The molecule has 0 amide bonds. The second-order valence-corrected chi connectivity index (χ2v) is 4.39. The van der Waals surface area contributed by atoms with Crippen LogP contribution in [0.3, 0.4) is 0 Å². The Balaban J connectivity index is 2.55. The topological polar surface area (TPSA) is 25.2 Å². The summed E-state index contributed by atoms with van der Waals surface area (Å²) < 4.78 is 26.6. The molecular formula is C14H14F2N2O. The first-order valence-corrected chi connectivity index (χ1v) is 5.77. The molecule has 0 aliphatic heterocycles. The van der Waals surface area contributed by atoms with E-state index in [4.69, 9.17) is 0 Å². The summed E-state index contributed by atoms with van der Waals surface area (Å²) in [5, 5.41) is 0. The van der Waals surface area contributed by atoms with Crippen LogP contribution >= 0.6 is 0 Å². The Kier molecular flexibility index (Phi) is 3.64. The van der Waals surface area contributed by atoms with Crippen LogP contribution in [0.1, 0.15) is 12.0 Å². The molecule has 0 N–H and O–H groups in total. The van der Waals surface area contributed by atoms with Crippen LogP contribution in [0.2, 0.25) is 0 Å². The monoisotopic (exact) mass is 264 g/mol. The van der Waals surface area contributed by atoms with Gasteiger partial charge in [0.05, 0.1) is 5.69 Å². The molecule has 0 spiro atoms. The van der Waals surface area contributed by atoms with Crippen LogP contribution in [-0.2, 0) is 0 Å². The minimum atomic E-state index is -2.59. The molecule has 1 heterocycles. The fourth-order valence-corrected chi connectivity index (χ4v) is 1.76. The third-order valence-corrected chi connectivity index (χ3v) is 2.81. The highest BCUT2D eigenvalue weighted by atomic mass is 19.3. The van der Waals surface area contributed by atoms with Crippen molar-refractivity contribution in [2.45, 2.75) is 6.43 Å². The predicted octanol–water partition coefficient (Wildman–Crippen LogP) is 2.84. The van der Waals surface area contributed by atoms with E-state index in [1.165, 1.54) is 10.8 Å². The van der Waals surface area contributed by atoms with Gasteiger partial charge in [-0.05, 0) is 24.3 Å². The van der Waals surface area contributed by atoms with Gasteiger partial charge in [-0.1, -0.05) is 6.07 Å². The SMILES string of the molecule is CN(C)c1cccc(-n2cc(C(F)F)ccc2=O)c1. The van der Waals surface area contributed by atoms with E-state index in [1.54, 1.807) is 18.2 Å². The molecule has 0 unspecified atom stereocenters. The average Bonchev–Trinajstić information content (AvgIpc) is 2.39. The Labute approximate surface area is 109 Å². The van der Waals surface area contributed by atoms with Crippen LogP contribution in [0.15, 0.2) is 47.4 Å². The molecule has 3 nitrogen and oxygen atoms in total. The molecule has 2 aromatic rings. The van der Waals surface area contributed by atoms with Crippen molar-refractivity contribution in [3.05, 3.63) is 58.5 Å². The summed E-state index contributed by atoms with van der Waals surface area (Å²) in [6.45, 7) is 0. The fraction of sp³-hybridized carbons (Fsp3) is 0.214. The lowest BCUT2D eigenvalue weighted by Crippen LogP contribution is -2.18. The first-order chi connectivity index (χ1) is 8.99. The van der Waals surface area contributed by atoms with E-state index in [2.05, 4.69) is 0 Å². The zero-order valence-electron chi connectivity index (χ0n) is 10.7. The van der Waals surface area contributed by atoms with E-state index in [1.807, 2.05) is 25.1 Å². The van der Waals surface area contributed by atoms with Crippen LogP contribution in [-0.4, -0.2) is 18.7 Å². The maximum absolute atomic E-state index is 12.7. The molecule has 0 radical (unpaired) electrons. The molecule has 1 aromatic heterocycles. The highest BCUT2D eigenvalue weighted by molar-refractivity contribution is 5.52. The van der Waals surface area contributed by atoms with Crippen molar-refractivity contribution in [1.29, 1.82) is 0 Å². The third-order valence-electron chi connectivity index (χ3n) is 2.81. The third kappa shape index (κ3) is 2.81. The predicted molar refractivity (Wildman–Crippen MR) is 71.3 cm³/mol. The fourth-order valence-electron chi connectivity index (χ4n) is 1.76. The van der Waals surface area contributed by atoms with Crippen molar-refractivity contribution >= 4 is 5.69 Å². The van der Waals surface area contributed by atoms with Crippen LogP contribution in [0.25, 0.3) is 5.69 Å². The quantitative estimate of drug-likeness (QED) is 0.851. The normalized spacial score (nSPS) is 10.8. The summed E-state index contributed by atoms with van der Waals surface area (Å²) >= 11 is 0. The smallest absolute Gasteiger partial charge is 0.265 e. The maximum atomic E-state index is 12.7. The van der Waals surface area contributed by atoms with Crippen LogP contribution in [0, 0.1) is 0 Å². The minimum Gasteiger partial charge on any atom is -0.378 e. The summed E-state index contributed by atoms with van der Waals surface area (Å²) in [5.41, 5.74) is 0.959. The van der Waals surface area contributed by atoms with E-state index in [0.29, 0.717) is 5.69 Å². The lowest BCUT2D eigenvalue weighted by molar-refractivity contribution is 0.150. The van der Waals surface area contributed by atoms with Crippen LogP contribution in [0.5, 0.6) is 0 Å². The summed E-state index contributed by atoms with van der Waals surface area (Å²) in [6.07, 6.45) is -1.41. The van der Waals surface area contributed by atoms with Gasteiger partial charge in [0.15, 0.2) is 0 Å². The van der Waals surface area contributed by atoms with E-state index in [-0.39, 0.29) is 11.1 Å². The number of halogens is 2. The van der Waals surface area contributed by atoms with E-state index in [9.17, 15) is 13.6 Å². The Hall–Kier alpha value is -2.17. The lowest BCUT2D eigenvalue weighted by Gasteiger charge is -2.14. The second-order valence-electron chi connectivity index (χ2n) is 4.39. The summed E-state index contributed by atoms with van der Waals surface area (Å²) in [6, 6.07) is 9.46. The Morgan fingerprint density at radius 3 is 2.53 bits per heavy atom. The number of anilines is 1. The number of benzene rings is 1. The van der Waals surface area contributed by atoms with Gasteiger partial charge in [-0.2, -0.15) is 0 Å². The Bertz CT molecular complexity index is 635. The average molecular weight is 264 g/mol. The number of nitrogens with zero attached hydrogens (tertiary/aromatic N) is 2. The Morgan fingerprint density at radius 1 is 1.16 bits per heavy atom. The molecule has 0 bridgehead atoms. The van der Waals surface area contributed by atoms with E-state index < -0.39 is 6.43 Å². The van der Waals surface area contributed by atoms with Gasteiger partial charge < -0.3 is 4.90 Å². The standard InChI is InChI=1S/C14H14F2N2O/c1-17(2)11-4-3-5-12(8-11)18-9-10(14(15)16)6-7-13(18)19/h3-9,14H,1-2H3. The molecular weight excluding hydrogens is 250 g/mol. The number of hydrogen-bond acceptors (Lipinski definition) is 2. The number of rotatable bonds is 3. The molecule has 0 aliphatic rings. The van der Waals surface area contributed by atoms with Crippen molar-refractivity contribution in [3.8, 4) is 5.69 Å². The molecule has 0 aliphatic carbocycles. The number of hydrogen-bond donors (Lipinski definition) is 0. The van der Waals surface area contributed by atoms with Gasteiger partial charge in [0.25, 0.3) is 12.0 Å². The number of alkyl halides is 2. The van der Waals surface area contributed by atoms with Crippen LogP contribution in [0.4, 0.5) is 14.5 Å². The van der Waals surface area contributed by atoms with E-state index >= 15 is 0 Å². The molecule has 1 aromatic carbocycles. The molecule has 0 atom stereocenters. The van der Waals surface area contributed by atoms with Gasteiger partial charge in [-0.15, -0.1) is 0 Å². The summed E-state index contributed by atoms with van der Waals surface area (Å²) in [7, 11) is 3.74. The number of pyridine rings is 1. The maximum Gasteiger partial charge on any atom is 0.265 e. The zero-order chi connectivity index (χ0) is 14.0. The van der Waals surface area contributed by atoms with Gasteiger partial charge >= 0.3 is 0 Å². The molecule has 5 heteroatoms. The second kappa shape index (κ2) is 5.22. The van der Waals surface area contributed by atoms with Crippen molar-refractivity contribution in [3.63, 3.8) is 0 Å². The van der Waals surface area contributed by atoms with Crippen molar-refractivity contribution in [2.24, 2.45) is 0 Å². The molecule has 2 rings (SSSR count). The van der Waals surface area contributed by atoms with Gasteiger partial charge in [0.1, 0.15) is 0 Å². The zero-order valence-corrected chi connectivity index (χ0v) is 10.7. The minimum absolute atomic E-state index is 0.171. The first-order valence-electron chi connectivity index (χ1n) is 5.77. The highest BCUT2D eigenvalue weighted by Gasteiger charge is 2.10. The summed E-state index contributed by atoms with van der Waals surface area (Å²) in [4.78, 5) is 13.7. The van der Waals surface area contributed by atoms with Crippen molar-refractivity contribution in [1.82, 2.24) is 4.57 Å². The summed E-state index contributed by atoms with van der Waals surface area (Å²) in [5.74, 6) is 0. The van der Waals surface area contributed by atoms with Crippen LogP contribution < -0.4 is 10.5 Å². The van der Waals surface area contributed by atoms with Crippen molar-refractivity contribution < 1.29 is 8.78 Å². The Morgan fingerprint density at radius 2 is 1.89 bits per heavy atom. The van der Waals surface area contributed by atoms with E-state index in [0.717, 1.165) is 17.8 Å². The highest BCUT2D eigenvalue weighted by Crippen LogP contribution is 2.20. The first kappa shape index (κ1) is 13.3. The van der Waals surface area contributed by atoms with Gasteiger partial charge in [0.2, 0.25) is 0 Å². The molecule has 0 saturated carbocycles. The number of aromatic nitrogens is 1. The van der Waals surface area contributed by atoms with Gasteiger partial charge in [0, 0.05) is 37.6 Å². The molecule has 0 fully saturated rings. The van der Waals surface area contributed by atoms with Crippen molar-refractivity contribution in [2.75, 3.05) is 19.0 Å². The van der Waals surface area contributed by atoms with Gasteiger partial charge in [-0.25, -0.2) is 8.78 Å². The van der Waals surface area contributed by atoms with Gasteiger partial charge in [-0.3, -0.25) is 9.36 Å². The molecule has 100 valence electrons. The largest absolute Gasteiger partial charge is 0.378 e. The molecule has 19 heavy (non-hydrogen) atoms. The lowest BCUT2D eigenvalue weighted by atomic mass is 10.2. The molecule has 0 saturated heterocycles.